The summed E-state index contributed by atoms with van der Waals surface area (Å²) in [6.07, 6.45) is 7.04. The lowest BCUT2D eigenvalue weighted by Gasteiger charge is -2.33. The van der Waals surface area contributed by atoms with Gasteiger partial charge >= 0.3 is 0 Å². The SMILES string of the molecule is CN=C(NCc1ccc(N2CC=CC2)cc1)N1CCCC(C)C1. The number of guanidine groups is 1. The second-order valence-corrected chi connectivity index (χ2v) is 6.64. The van der Waals surface area contributed by atoms with E-state index in [9.17, 15) is 0 Å². The van der Waals surface area contributed by atoms with Crippen molar-refractivity contribution in [3.8, 4) is 0 Å². The molecule has 2 aliphatic heterocycles. The summed E-state index contributed by atoms with van der Waals surface area (Å²) in [6.45, 7) is 7.43. The van der Waals surface area contributed by atoms with Gasteiger partial charge in [0.15, 0.2) is 5.96 Å². The predicted molar refractivity (Wildman–Crippen MR) is 98.0 cm³/mol. The molecule has 1 aromatic rings. The molecule has 2 aliphatic rings. The van der Waals surface area contributed by atoms with Crippen molar-refractivity contribution in [1.29, 1.82) is 0 Å². The van der Waals surface area contributed by atoms with Gasteiger partial charge in [0.25, 0.3) is 0 Å². The van der Waals surface area contributed by atoms with Crippen molar-refractivity contribution in [2.45, 2.75) is 26.3 Å². The van der Waals surface area contributed by atoms with Crippen molar-refractivity contribution in [2.24, 2.45) is 10.9 Å². The van der Waals surface area contributed by atoms with E-state index in [-0.39, 0.29) is 0 Å². The van der Waals surface area contributed by atoms with Gasteiger partial charge in [0.2, 0.25) is 0 Å². The van der Waals surface area contributed by atoms with E-state index in [2.05, 4.69) is 63.5 Å². The van der Waals surface area contributed by atoms with Crippen molar-refractivity contribution < 1.29 is 0 Å². The Morgan fingerprint density at radius 2 is 1.96 bits per heavy atom. The Balaban J connectivity index is 1.54. The minimum atomic E-state index is 0.760. The quantitative estimate of drug-likeness (QED) is 0.529. The maximum Gasteiger partial charge on any atom is 0.193 e. The van der Waals surface area contributed by atoms with Gasteiger partial charge in [0.1, 0.15) is 0 Å². The van der Waals surface area contributed by atoms with Crippen LogP contribution in [-0.4, -0.2) is 44.1 Å². The summed E-state index contributed by atoms with van der Waals surface area (Å²) >= 11 is 0. The molecular formula is C19H28N4. The van der Waals surface area contributed by atoms with Gasteiger partial charge in [-0.05, 0) is 36.5 Å². The zero-order valence-corrected chi connectivity index (χ0v) is 14.3. The first-order valence-corrected chi connectivity index (χ1v) is 8.71. The fourth-order valence-corrected chi connectivity index (χ4v) is 3.41. The van der Waals surface area contributed by atoms with Crippen molar-refractivity contribution in [2.75, 3.05) is 38.1 Å². The average molecular weight is 312 g/mol. The first-order valence-electron chi connectivity index (χ1n) is 8.71. The standard InChI is InChI=1S/C19H28N4/c1-16-6-5-13-23(15-16)19(20-2)21-14-17-7-9-18(10-8-17)22-11-3-4-12-22/h3-4,7-10,16H,5-6,11-15H2,1-2H3,(H,20,21). The molecule has 1 unspecified atom stereocenters. The van der Waals surface area contributed by atoms with Crippen LogP contribution in [0.2, 0.25) is 0 Å². The number of nitrogens with one attached hydrogen (secondary N) is 1. The van der Waals surface area contributed by atoms with Crippen molar-refractivity contribution in [3.05, 3.63) is 42.0 Å². The maximum atomic E-state index is 4.46. The summed E-state index contributed by atoms with van der Waals surface area (Å²) < 4.78 is 0. The van der Waals surface area contributed by atoms with E-state index in [1.807, 2.05) is 7.05 Å². The molecule has 0 radical (unpaired) electrons. The summed E-state index contributed by atoms with van der Waals surface area (Å²) in [5.41, 5.74) is 2.60. The van der Waals surface area contributed by atoms with Crippen LogP contribution in [-0.2, 0) is 6.54 Å². The number of piperidine rings is 1. The van der Waals surface area contributed by atoms with Crippen LogP contribution in [0.25, 0.3) is 0 Å². The number of rotatable bonds is 3. The molecule has 1 atom stereocenters. The van der Waals surface area contributed by atoms with E-state index in [0.29, 0.717) is 0 Å². The van der Waals surface area contributed by atoms with E-state index in [4.69, 9.17) is 0 Å². The molecule has 1 fully saturated rings. The topological polar surface area (TPSA) is 30.9 Å². The molecule has 2 heterocycles. The fourth-order valence-electron chi connectivity index (χ4n) is 3.41. The van der Waals surface area contributed by atoms with Crippen LogP contribution in [0.1, 0.15) is 25.3 Å². The summed E-state index contributed by atoms with van der Waals surface area (Å²) in [7, 11) is 1.88. The molecule has 0 amide bonds. The van der Waals surface area contributed by atoms with Gasteiger partial charge in [-0.1, -0.05) is 31.2 Å². The summed E-state index contributed by atoms with van der Waals surface area (Å²) in [5, 5.41) is 3.51. The lowest BCUT2D eigenvalue weighted by atomic mass is 10.0. The molecular weight excluding hydrogens is 284 g/mol. The minimum Gasteiger partial charge on any atom is -0.364 e. The zero-order valence-electron chi connectivity index (χ0n) is 14.3. The molecule has 0 bridgehead atoms. The highest BCUT2D eigenvalue weighted by atomic mass is 15.3. The Hall–Kier alpha value is -1.97. The summed E-state index contributed by atoms with van der Waals surface area (Å²) in [6, 6.07) is 8.87. The summed E-state index contributed by atoms with van der Waals surface area (Å²) in [5.74, 6) is 1.79. The molecule has 4 heteroatoms. The lowest BCUT2D eigenvalue weighted by Crippen LogP contribution is -2.45. The second kappa shape index (κ2) is 7.53. The largest absolute Gasteiger partial charge is 0.364 e. The molecule has 0 aliphatic carbocycles. The van der Waals surface area contributed by atoms with Crippen molar-refractivity contribution in [1.82, 2.24) is 10.2 Å². The Kier molecular flexibility index (Phi) is 5.21. The lowest BCUT2D eigenvalue weighted by molar-refractivity contribution is 0.266. The number of anilines is 1. The van der Waals surface area contributed by atoms with Gasteiger partial charge in [0, 0.05) is 45.5 Å². The Bertz CT molecular complexity index is 553. The highest BCUT2D eigenvalue weighted by Gasteiger charge is 2.19. The number of benzene rings is 1. The number of nitrogens with zero attached hydrogens (tertiary/aromatic N) is 3. The third-order valence-electron chi connectivity index (χ3n) is 4.74. The number of hydrogen-bond acceptors (Lipinski definition) is 2. The van der Waals surface area contributed by atoms with Gasteiger partial charge in [-0.3, -0.25) is 4.99 Å². The van der Waals surface area contributed by atoms with Gasteiger partial charge < -0.3 is 15.1 Å². The Labute approximate surface area is 139 Å². The molecule has 1 aromatic carbocycles. The molecule has 23 heavy (non-hydrogen) atoms. The molecule has 0 aromatic heterocycles. The molecule has 1 saturated heterocycles. The third-order valence-corrected chi connectivity index (χ3v) is 4.74. The zero-order chi connectivity index (χ0) is 16.1. The van der Waals surface area contributed by atoms with E-state index >= 15 is 0 Å². The third kappa shape index (κ3) is 4.06. The Morgan fingerprint density at radius 1 is 1.22 bits per heavy atom. The van der Waals surface area contributed by atoms with Gasteiger partial charge in [-0.25, -0.2) is 0 Å². The van der Waals surface area contributed by atoms with Gasteiger partial charge in [-0.15, -0.1) is 0 Å². The molecule has 4 nitrogen and oxygen atoms in total. The molecule has 3 rings (SSSR count). The van der Waals surface area contributed by atoms with Gasteiger partial charge in [0.05, 0.1) is 0 Å². The van der Waals surface area contributed by atoms with Crippen LogP contribution >= 0.6 is 0 Å². The number of likely N-dealkylation sites (tertiary alicyclic amines) is 1. The second-order valence-electron chi connectivity index (χ2n) is 6.64. The van der Waals surface area contributed by atoms with Crippen LogP contribution in [0.4, 0.5) is 5.69 Å². The number of aliphatic imine (C=N–C) groups is 1. The molecule has 1 N–H and O–H groups in total. The Morgan fingerprint density at radius 3 is 2.61 bits per heavy atom. The molecule has 0 spiro atoms. The van der Waals surface area contributed by atoms with Crippen LogP contribution in [0.5, 0.6) is 0 Å². The van der Waals surface area contributed by atoms with Crippen LogP contribution in [0.15, 0.2) is 41.4 Å². The van der Waals surface area contributed by atoms with E-state index in [0.717, 1.165) is 44.6 Å². The van der Waals surface area contributed by atoms with E-state index < -0.39 is 0 Å². The number of hydrogen-bond donors (Lipinski definition) is 1. The maximum absolute atomic E-state index is 4.46. The van der Waals surface area contributed by atoms with E-state index in [1.54, 1.807) is 0 Å². The predicted octanol–water partition coefficient (Wildman–Crippen LogP) is 2.87. The first kappa shape index (κ1) is 15.9. The molecule has 0 saturated carbocycles. The first-order chi connectivity index (χ1) is 11.3. The van der Waals surface area contributed by atoms with E-state index in [1.165, 1.54) is 24.1 Å². The molecule has 124 valence electrons. The highest BCUT2D eigenvalue weighted by Crippen LogP contribution is 2.18. The van der Waals surface area contributed by atoms with Gasteiger partial charge in [-0.2, -0.15) is 0 Å². The summed E-state index contributed by atoms with van der Waals surface area (Å²) in [4.78, 5) is 9.21. The highest BCUT2D eigenvalue weighted by molar-refractivity contribution is 5.80. The minimum absolute atomic E-state index is 0.760. The monoisotopic (exact) mass is 312 g/mol. The smallest absolute Gasteiger partial charge is 0.193 e. The fraction of sp³-hybridized carbons (Fsp3) is 0.526. The van der Waals surface area contributed by atoms with Crippen molar-refractivity contribution >= 4 is 11.6 Å². The van der Waals surface area contributed by atoms with Crippen LogP contribution in [0, 0.1) is 5.92 Å². The van der Waals surface area contributed by atoms with Crippen LogP contribution < -0.4 is 10.2 Å². The van der Waals surface area contributed by atoms with Crippen LogP contribution in [0.3, 0.4) is 0 Å². The normalized spacial score (nSPS) is 21.8. The van der Waals surface area contributed by atoms with Crippen molar-refractivity contribution in [3.63, 3.8) is 0 Å². The average Bonchev–Trinajstić information content (AvgIpc) is 3.11.